The summed E-state index contributed by atoms with van der Waals surface area (Å²) in [5, 5.41) is 2.56. The number of aldehydes is 2. The number of benzene rings is 1. The van der Waals surface area contributed by atoms with Crippen LogP contribution in [0.25, 0.3) is 72.1 Å². The average Bonchev–Trinajstić information content (AvgIpc) is 4.28. The lowest BCUT2D eigenvalue weighted by molar-refractivity contribution is 0.111. The van der Waals surface area contributed by atoms with Crippen molar-refractivity contribution >= 4 is 142 Å². The molecule has 1 aromatic carbocycles. The third kappa shape index (κ3) is 12.7. The number of aromatic nitrogens is 4. The number of carbonyl (C=O) groups excluding carboxylic acids is 2. The Morgan fingerprint density at radius 3 is 1.10 bits per heavy atom. The van der Waals surface area contributed by atoms with Gasteiger partial charge in [0.2, 0.25) is 0 Å². The molecule has 0 aliphatic rings. The smallest absolute Gasteiger partial charge is 0.160 e. The number of carbonyl (C=O) groups is 2. The lowest BCUT2D eigenvalue weighted by Gasteiger charge is -2.22. The van der Waals surface area contributed by atoms with Gasteiger partial charge in [-0.3, -0.25) is 9.59 Å². The minimum absolute atomic E-state index is 0.552. The number of thiophene rings is 4. The van der Waals surface area contributed by atoms with Crippen LogP contribution in [0.3, 0.4) is 0 Å². The molecule has 0 aliphatic carbocycles. The number of unbranched alkanes of at least 4 members (excludes halogenated alkanes) is 20. The molecule has 0 amide bonds. The molecule has 0 aliphatic heterocycles. The Balaban J connectivity index is 1.39. The van der Waals surface area contributed by atoms with Crippen LogP contribution in [0.1, 0.15) is 265 Å². The van der Waals surface area contributed by atoms with Gasteiger partial charge in [0.1, 0.15) is 11.0 Å². The second-order valence-corrected chi connectivity index (χ2v) is 26.8. The van der Waals surface area contributed by atoms with Gasteiger partial charge in [0.15, 0.2) is 12.6 Å². The van der Waals surface area contributed by atoms with Crippen molar-refractivity contribution in [3.05, 3.63) is 20.9 Å². The summed E-state index contributed by atoms with van der Waals surface area (Å²) in [4.78, 5) is 28.1. The molecule has 0 saturated carbocycles. The molecule has 73 heavy (non-hydrogen) atoms. The summed E-state index contributed by atoms with van der Waals surface area (Å²) in [6, 6.07) is 0. The minimum Gasteiger partial charge on any atom is -0.337 e. The molecule has 8 rings (SSSR count). The Kier molecular flexibility index (Phi) is 22.1. The predicted octanol–water partition coefficient (Wildman–Crippen LogP) is 22.2. The maximum atomic E-state index is 13.1. The van der Waals surface area contributed by atoms with Gasteiger partial charge < -0.3 is 9.13 Å². The van der Waals surface area contributed by atoms with Crippen molar-refractivity contribution in [2.75, 3.05) is 0 Å². The van der Waals surface area contributed by atoms with E-state index in [1.807, 2.05) is 22.7 Å². The van der Waals surface area contributed by atoms with E-state index < -0.39 is 0 Å². The molecule has 0 N–H and O–H groups in total. The van der Waals surface area contributed by atoms with Crippen molar-refractivity contribution in [3.63, 3.8) is 0 Å². The maximum Gasteiger partial charge on any atom is 0.160 e. The number of hydrogen-bond acceptors (Lipinski definition) is 9. The van der Waals surface area contributed by atoms with Gasteiger partial charge in [-0.05, 0) is 74.3 Å². The lowest BCUT2D eigenvalue weighted by atomic mass is 9.94. The monoisotopic (exact) mass is 1080 g/mol. The number of nitrogens with zero attached hydrogens (tertiary/aromatic N) is 4. The molecule has 0 bridgehead atoms. The first-order chi connectivity index (χ1) is 36.0. The average molecular weight is 1080 g/mol. The van der Waals surface area contributed by atoms with Crippen LogP contribution in [-0.4, -0.2) is 30.5 Å². The van der Waals surface area contributed by atoms with Crippen LogP contribution in [-0.2, 0) is 25.9 Å². The summed E-state index contributed by atoms with van der Waals surface area (Å²) < 4.78 is 24.2. The Bertz CT molecular complexity index is 2790. The number of fused-ring (bicyclic) bond motifs is 14. The quantitative estimate of drug-likeness (QED) is 0.0286. The molecule has 2 unspecified atom stereocenters. The van der Waals surface area contributed by atoms with Gasteiger partial charge in [-0.1, -0.05) is 196 Å². The summed E-state index contributed by atoms with van der Waals surface area (Å²) in [6.07, 6.45) is 42.1. The lowest BCUT2D eigenvalue weighted by Crippen LogP contribution is -2.14. The van der Waals surface area contributed by atoms with Gasteiger partial charge in [0.05, 0.1) is 71.7 Å². The normalized spacial score (nSPS) is 13.3. The summed E-state index contributed by atoms with van der Waals surface area (Å²) >= 11 is 8.81. The van der Waals surface area contributed by atoms with Gasteiger partial charge >= 0.3 is 0 Å². The molecular formula is C62H90N4O2S5. The molecule has 2 atom stereocenters. The van der Waals surface area contributed by atoms with Crippen LogP contribution in [0.15, 0.2) is 0 Å². The maximum absolute atomic E-state index is 13.1. The van der Waals surface area contributed by atoms with Crippen LogP contribution in [0, 0.1) is 11.8 Å². The molecule has 8 aromatic rings. The van der Waals surface area contributed by atoms with Gasteiger partial charge in [0, 0.05) is 23.9 Å². The Morgan fingerprint density at radius 2 is 0.726 bits per heavy atom. The SMILES string of the molecule is CCCCCCCCCc1c(C=O)sc2c1sc1c3c4nsnc4c4c5sc6c(CCCCCCCCC)c(C=O)sc6c5n(CC(CCCC)CCCCCC)c4c3n(CC(CCCC)CCCCCC)c21. The van der Waals surface area contributed by atoms with Crippen LogP contribution < -0.4 is 0 Å². The highest BCUT2D eigenvalue weighted by molar-refractivity contribution is 7.35. The molecule has 11 heteroatoms. The second kappa shape index (κ2) is 28.6. The van der Waals surface area contributed by atoms with Gasteiger partial charge in [-0.15, -0.1) is 45.3 Å². The Hall–Kier alpha value is -2.70. The first-order valence-electron chi connectivity index (χ1n) is 29.9. The Morgan fingerprint density at radius 1 is 0.384 bits per heavy atom. The zero-order valence-electron chi connectivity index (χ0n) is 46.0. The van der Waals surface area contributed by atoms with E-state index in [1.165, 1.54) is 276 Å². The first-order valence-corrected chi connectivity index (χ1v) is 33.9. The van der Waals surface area contributed by atoms with E-state index in [-0.39, 0.29) is 0 Å². The van der Waals surface area contributed by atoms with Crippen molar-refractivity contribution in [1.82, 2.24) is 17.9 Å². The Labute approximate surface area is 458 Å². The topological polar surface area (TPSA) is 69.8 Å². The number of rotatable bonds is 38. The number of hydrogen-bond donors (Lipinski definition) is 0. The highest BCUT2D eigenvalue weighted by Gasteiger charge is 2.33. The molecule has 0 radical (unpaired) electrons. The highest BCUT2D eigenvalue weighted by atomic mass is 32.1. The standard InChI is InChI=1S/C62H90N4O2S5/c1-7-13-19-23-25-27-31-37-45-47(41-67)69-61-55-59(71-57(45)61)49-51-52(64-73-63-51)50-54(53(49)65(55)39-43(33-17-11-5)35-29-21-15-9-3)66(40-44(34-18-12-6)36-30-22-16-10-4)56-60(50)72-58-46(48(42-68)70-62(56)58)38-32-28-26-24-20-14-8-2/h41-44H,7-40H2,1-6H3. The molecule has 0 spiro atoms. The summed E-state index contributed by atoms with van der Waals surface area (Å²) in [5.74, 6) is 1.10. The van der Waals surface area contributed by atoms with Crippen LogP contribution in [0.2, 0.25) is 0 Å². The second-order valence-electron chi connectivity index (χ2n) is 22.1. The molecule has 0 fully saturated rings. The van der Waals surface area contributed by atoms with Gasteiger partial charge in [-0.2, -0.15) is 8.75 Å². The molecule has 7 aromatic heterocycles. The predicted molar refractivity (Wildman–Crippen MR) is 328 cm³/mol. The summed E-state index contributed by atoms with van der Waals surface area (Å²) in [5.41, 5.74) is 10.0. The van der Waals surface area contributed by atoms with Crippen molar-refractivity contribution in [2.24, 2.45) is 11.8 Å². The summed E-state index contributed by atoms with van der Waals surface area (Å²) in [6.45, 7) is 15.9. The highest BCUT2D eigenvalue weighted by Crippen LogP contribution is 2.55. The fourth-order valence-corrected chi connectivity index (χ4v) is 18.6. The fourth-order valence-electron chi connectivity index (χ4n) is 12.4. The third-order valence-electron chi connectivity index (χ3n) is 16.5. The molecule has 400 valence electrons. The minimum atomic E-state index is 0.552. The van der Waals surface area contributed by atoms with Gasteiger partial charge in [0.25, 0.3) is 0 Å². The zero-order chi connectivity index (χ0) is 51.1. The van der Waals surface area contributed by atoms with E-state index in [0.717, 1.165) is 59.6 Å². The van der Waals surface area contributed by atoms with E-state index >= 15 is 0 Å². The van der Waals surface area contributed by atoms with E-state index in [0.29, 0.717) is 11.8 Å². The fraction of sp³-hybridized carbons (Fsp3) is 0.677. The van der Waals surface area contributed by atoms with Gasteiger partial charge in [-0.25, -0.2) is 0 Å². The summed E-state index contributed by atoms with van der Waals surface area (Å²) in [7, 11) is 0. The van der Waals surface area contributed by atoms with Crippen molar-refractivity contribution in [1.29, 1.82) is 0 Å². The largest absolute Gasteiger partial charge is 0.337 e. The van der Waals surface area contributed by atoms with E-state index in [1.54, 1.807) is 22.7 Å². The molecule has 0 saturated heterocycles. The van der Waals surface area contributed by atoms with Crippen LogP contribution >= 0.6 is 57.1 Å². The third-order valence-corrected chi connectivity index (χ3v) is 22.1. The first kappa shape index (κ1) is 56.5. The van der Waals surface area contributed by atoms with Crippen molar-refractivity contribution < 1.29 is 9.59 Å². The zero-order valence-corrected chi connectivity index (χ0v) is 50.1. The van der Waals surface area contributed by atoms with Crippen LogP contribution in [0.4, 0.5) is 0 Å². The van der Waals surface area contributed by atoms with E-state index in [2.05, 4.69) is 50.7 Å². The van der Waals surface area contributed by atoms with Crippen molar-refractivity contribution in [3.8, 4) is 0 Å². The van der Waals surface area contributed by atoms with E-state index in [9.17, 15) is 9.59 Å². The molecular weight excluding hydrogens is 993 g/mol. The molecule has 7 heterocycles. The number of aryl methyl sites for hydroxylation is 2. The molecule has 6 nitrogen and oxygen atoms in total. The van der Waals surface area contributed by atoms with E-state index in [4.69, 9.17) is 8.75 Å². The van der Waals surface area contributed by atoms with Crippen LogP contribution in [0.5, 0.6) is 0 Å². The van der Waals surface area contributed by atoms with Crippen molar-refractivity contribution in [2.45, 2.75) is 260 Å².